The van der Waals surface area contributed by atoms with Gasteiger partial charge in [-0.1, -0.05) is 0 Å². The molecule has 1 aromatic heterocycles. The maximum atomic E-state index is 15.6. The first-order valence-electron chi connectivity index (χ1n) is 12.0. The van der Waals surface area contributed by atoms with E-state index in [1.807, 2.05) is 50.8 Å². The number of aromatic nitrogens is 2. The normalized spacial score (nSPS) is 11.2. The number of nitrogen functional groups attached to an aromatic ring is 1. The predicted octanol–water partition coefficient (Wildman–Crippen LogP) is 6.13. The number of nitrogens with zero attached hydrogens (tertiary/aromatic N) is 2. The number of aryl methyl sites for hydroxylation is 2. The van der Waals surface area contributed by atoms with Crippen molar-refractivity contribution in [1.29, 1.82) is 5.41 Å². The van der Waals surface area contributed by atoms with E-state index in [9.17, 15) is 0 Å². The quantitative estimate of drug-likeness (QED) is 0.194. The van der Waals surface area contributed by atoms with Gasteiger partial charge >= 0.3 is 0 Å². The number of nitrogens with one attached hydrogen (secondary N) is 2. The number of anilines is 2. The van der Waals surface area contributed by atoms with Gasteiger partial charge in [-0.3, -0.25) is 5.41 Å². The molecule has 1 heterocycles. The van der Waals surface area contributed by atoms with E-state index < -0.39 is 5.82 Å². The number of halogens is 1. The van der Waals surface area contributed by atoms with Gasteiger partial charge in [0.15, 0.2) is 11.6 Å². The summed E-state index contributed by atoms with van der Waals surface area (Å²) in [6.45, 7) is 10.3. The van der Waals surface area contributed by atoms with Crippen LogP contribution in [-0.4, -0.2) is 28.5 Å². The molecule has 188 valence electrons. The zero-order valence-electron chi connectivity index (χ0n) is 21.3. The van der Waals surface area contributed by atoms with E-state index in [0.717, 1.165) is 27.8 Å². The van der Waals surface area contributed by atoms with Crippen molar-refractivity contribution in [3.8, 4) is 11.5 Å². The highest BCUT2D eigenvalue weighted by Crippen LogP contribution is 2.33. The van der Waals surface area contributed by atoms with Crippen molar-refractivity contribution >= 4 is 28.5 Å². The van der Waals surface area contributed by atoms with E-state index in [-0.39, 0.29) is 24.2 Å². The minimum atomic E-state index is -0.444. The summed E-state index contributed by atoms with van der Waals surface area (Å²) in [5.74, 6) is 0.785. The summed E-state index contributed by atoms with van der Waals surface area (Å²) < 4.78 is 27.1. The third kappa shape index (κ3) is 5.27. The summed E-state index contributed by atoms with van der Waals surface area (Å²) in [6.07, 6.45) is -0.193. The number of benzene rings is 3. The zero-order valence-corrected chi connectivity index (χ0v) is 21.3. The number of nitrogens with two attached hydrogens (primary N) is 1. The highest BCUT2D eigenvalue weighted by Gasteiger charge is 2.21. The number of hydrogen-bond acceptors (Lipinski definition) is 5. The van der Waals surface area contributed by atoms with Gasteiger partial charge in [0, 0.05) is 22.9 Å². The summed E-state index contributed by atoms with van der Waals surface area (Å²) in [7, 11) is 0. The average molecular weight is 490 g/mol. The minimum absolute atomic E-state index is 0.0197. The molecule has 0 aliphatic carbocycles. The van der Waals surface area contributed by atoms with Gasteiger partial charge in [-0.15, -0.1) is 0 Å². The number of hydrogen-bond donors (Lipinski definition) is 3. The molecule has 0 atom stereocenters. The van der Waals surface area contributed by atoms with Crippen LogP contribution >= 0.6 is 0 Å². The number of aromatic amines is 1. The highest BCUT2D eigenvalue weighted by molar-refractivity contribution is 5.95. The molecule has 0 saturated heterocycles. The minimum Gasteiger partial charge on any atom is -0.494 e. The van der Waals surface area contributed by atoms with Gasteiger partial charge in [-0.25, -0.2) is 9.37 Å². The summed E-state index contributed by atoms with van der Waals surface area (Å²) in [6, 6.07) is 14.6. The summed E-state index contributed by atoms with van der Waals surface area (Å²) in [5.41, 5.74) is 11.4. The average Bonchev–Trinajstić information content (AvgIpc) is 3.22. The Bertz CT molecular complexity index is 1360. The summed E-state index contributed by atoms with van der Waals surface area (Å²) in [5, 5.41) is 7.71. The molecule has 0 aliphatic heterocycles. The summed E-state index contributed by atoms with van der Waals surface area (Å²) >= 11 is 0. The van der Waals surface area contributed by atoms with Gasteiger partial charge in [0.1, 0.15) is 11.6 Å². The van der Waals surface area contributed by atoms with Crippen LogP contribution in [0.15, 0.2) is 48.5 Å². The van der Waals surface area contributed by atoms with Crippen LogP contribution in [0.3, 0.4) is 0 Å². The number of fused-ring (bicyclic) bond motifs is 1. The fraction of sp³-hybridized carbons (Fsp3) is 0.286. The molecule has 0 unspecified atom stereocenters. The fourth-order valence-electron chi connectivity index (χ4n) is 4.00. The van der Waals surface area contributed by atoms with Crippen molar-refractivity contribution in [3.63, 3.8) is 0 Å². The first-order chi connectivity index (χ1) is 17.2. The summed E-state index contributed by atoms with van der Waals surface area (Å²) in [4.78, 5) is 10.1. The monoisotopic (exact) mass is 489 g/mol. The third-order valence-electron chi connectivity index (χ3n) is 5.92. The molecular weight excluding hydrogens is 457 g/mol. The fourth-order valence-corrected chi connectivity index (χ4v) is 4.00. The molecule has 0 spiro atoms. The van der Waals surface area contributed by atoms with E-state index in [1.54, 1.807) is 24.3 Å². The third-order valence-corrected chi connectivity index (χ3v) is 5.92. The molecule has 0 radical (unpaired) electrons. The lowest BCUT2D eigenvalue weighted by atomic mass is 10.1. The standard InChI is InChI=1S/C28H32FN5O2/c1-6-35-22-13-20(26(29)25(14-22)36-16(2)3)15-34(21-9-7-19(8-10-21)27(30)31)28-32-23-11-17(4)18(5)12-24(23)33-28/h7-14,16H,6,15H2,1-5H3,(H3,30,31)(H,32,33). The first-order valence-corrected chi connectivity index (χ1v) is 12.0. The SMILES string of the molecule is CCOc1cc(CN(c2ccc(C(=N)N)cc2)c2nc3cc(C)c(C)cc3[nH]2)c(F)c(OC(C)C)c1. The van der Waals surface area contributed by atoms with Crippen molar-refractivity contribution in [2.24, 2.45) is 5.73 Å². The molecule has 0 fully saturated rings. The van der Waals surface area contributed by atoms with Crippen LogP contribution in [0.4, 0.5) is 16.0 Å². The van der Waals surface area contributed by atoms with Crippen molar-refractivity contribution in [3.05, 3.63) is 76.6 Å². The number of imidazole rings is 1. The first kappa shape index (κ1) is 25.0. The van der Waals surface area contributed by atoms with Gasteiger partial charge in [-0.2, -0.15) is 0 Å². The molecule has 0 aliphatic rings. The van der Waals surface area contributed by atoms with Crippen LogP contribution in [0.25, 0.3) is 11.0 Å². The second kappa shape index (κ2) is 10.3. The molecule has 8 heteroatoms. The van der Waals surface area contributed by atoms with Crippen molar-refractivity contribution in [1.82, 2.24) is 9.97 Å². The Hall–Kier alpha value is -4.07. The lowest BCUT2D eigenvalue weighted by Gasteiger charge is -2.24. The van der Waals surface area contributed by atoms with Gasteiger partial charge < -0.3 is 25.1 Å². The van der Waals surface area contributed by atoms with Crippen LogP contribution < -0.4 is 20.1 Å². The Morgan fingerprint density at radius 3 is 2.44 bits per heavy atom. The van der Waals surface area contributed by atoms with E-state index >= 15 is 4.39 Å². The van der Waals surface area contributed by atoms with Crippen molar-refractivity contribution in [2.45, 2.75) is 47.3 Å². The molecule has 7 nitrogen and oxygen atoms in total. The number of rotatable bonds is 9. The maximum Gasteiger partial charge on any atom is 0.208 e. The topological polar surface area (TPSA) is 100 Å². The van der Waals surface area contributed by atoms with Crippen LogP contribution in [-0.2, 0) is 6.54 Å². The van der Waals surface area contributed by atoms with Crippen LogP contribution in [0.2, 0.25) is 0 Å². The number of amidine groups is 1. The molecule has 4 rings (SSSR count). The second-order valence-corrected chi connectivity index (χ2v) is 9.05. The van der Waals surface area contributed by atoms with E-state index in [2.05, 4.69) is 18.0 Å². The largest absolute Gasteiger partial charge is 0.494 e. The van der Waals surface area contributed by atoms with Crippen molar-refractivity contribution < 1.29 is 13.9 Å². The van der Waals surface area contributed by atoms with Gasteiger partial charge in [-0.05, 0) is 88.2 Å². The Balaban J connectivity index is 1.83. The molecule has 0 amide bonds. The Morgan fingerprint density at radius 1 is 1.11 bits per heavy atom. The second-order valence-electron chi connectivity index (χ2n) is 9.05. The Morgan fingerprint density at radius 2 is 1.81 bits per heavy atom. The molecule has 3 aromatic carbocycles. The number of H-pyrrole nitrogens is 1. The predicted molar refractivity (Wildman–Crippen MR) is 142 cm³/mol. The molecule has 4 N–H and O–H groups in total. The number of ether oxygens (including phenoxy) is 2. The molecule has 36 heavy (non-hydrogen) atoms. The van der Waals surface area contributed by atoms with Crippen LogP contribution in [0.5, 0.6) is 11.5 Å². The lowest BCUT2D eigenvalue weighted by Crippen LogP contribution is -2.20. The smallest absolute Gasteiger partial charge is 0.208 e. The molecule has 0 bridgehead atoms. The van der Waals surface area contributed by atoms with Crippen LogP contribution in [0, 0.1) is 25.1 Å². The Kier molecular flexibility index (Phi) is 7.15. The van der Waals surface area contributed by atoms with E-state index in [0.29, 0.717) is 29.4 Å². The molecule has 0 saturated carbocycles. The Labute approximate surface area is 210 Å². The van der Waals surface area contributed by atoms with E-state index in [1.165, 1.54) is 0 Å². The van der Waals surface area contributed by atoms with Crippen LogP contribution in [0.1, 0.15) is 43.0 Å². The molecular formula is C28H32FN5O2. The lowest BCUT2D eigenvalue weighted by molar-refractivity contribution is 0.228. The zero-order chi connectivity index (χ0) is 26.0. The van der Waals surface area contributed by atoms with E-state index in [4.69, 9.17) is 25.6 Å². The van der Waals surface area contributed by atoms with Crippen molar-refractivity contribution in [2.75, 3.05) is 11.5 Å². The highest BCUT2D eigenvalue weighted by atomic mass is 19.1. The molecule has 4 aromatic rings. The van der Waals surface area contributed by atoms with Gasteiger partial charge in [0.2, 0.25) is 5.95 Å². The van der Waals surface area contributed by atoms with Gasteiger partial charge in [0.25, 0.3) is 0 Å². The van der Waals surface area contributed by atoms with Gasteiger partial charge in [0.05, 0.1) is 30.3 Å². The maximum absolute atomic E-state index is 15.6.